The van der Waals surface area contributed by atoms with Crippen LogP contribution in [0.4, 0.5) is 11.5 Å². The van der Waals surface area contributed by atoms with Crippen LogP contribution in [0.2, 0.25) is 0 Å². The Morgan fingerprint density at radius 1 is 1.15 bits per heavy atom. The standard InChI is InChI=1S/C18H18N6O2/c1-22-10-13(9-20-22)24-11-14-16(18(24)25)26-17(21-14)12-4-5-15(19-8-12)23-6-2-3-7-23/h4-5,8-10H,2-3,6-7,11H2,1H3. The normalized spacial score (nSPS) is 16.6. The van der Waals surface area contributed by atoms with Crippen LogP contribution in [0.15, 0.2) is 35.1 Å². The van der Waals surface area contributed by atoms with Crippen molar-refractivity contribution in [2.45, 2.75) is 19.4 Å². The maximum absolute atomic E-state index is 12.6. The summed E-state index contributed by atoms with van der Waals surface area (Å²) in [7, 11) is 1.82. The molecule has 8 heteroatoms. The first-order valence-corrected chi connectivity index (χ1v) is 8.70. The Labute approximate surface area is 150 Å². The van der Waals surface area contributed by atoms with Gasteiger partial charge in [-0.15, -0.1) is 0 Å². The molecule has 0 saturated carbocycles. The number of fused-ring (bicyclic) bond motifs is 1. The quantitative estimate of drug-likeness (QED) is 0.721. The summed E-state index contributed by atoms with van der Waals surface area (Å²) in [5.74, 6) is 1.53. The van der Waals surface area contributed by atoms with Gasteiger partial charge in [-0.3, -0.25) is 14.4 Å². The van der Waals surface area contributed by atoms with Gasteiger partial charge in [0, 0.05) is 32.5 Å². The Hall–Kier alpha value is -3.16. The third-order valence-corrected chi connectivity index (χ3v) is 4.87. The zero-order chi connectivity index (χ0) is 17.7. The summed E-state index contributed by atoms with van der Waals surface area (Å²) < 4.78 is 7.43. The molecule has 0 spiro atoms. The summed E-state index contributed by atoms with van der Waals surface area (Å²) >= 11 is 0. The molecule has 2 aliphatic heterocycles. The highest BCUT2D eigenvalue weighted by molar-refractivity contribution is 6.07. The minimum Gasteiger partial charge on any atom is -0.430 e. The summed E-state index contributed by atoms with van der Waals surface area (Å²) in [5.41, 5.74) is 2.17. The predicted octanol–water partition coefficient (Wildman–Crippen LogP) is 2.23. The van der Waals surface area contributed by atoms with Crippen molar-refractivity contribution in [3.05, 3.63) is 42.2 Å². The van der Waals surface area contributed by atoms with Crippen molar-refractivity contribution in [2.75, 3.05) is 22.9 Å². The number of hydrogen-bond donors (Lipinski definition) is 0. The fourth-order valence-electron chi connectivity index (χ4n) is 3.50. The first-order valence-electron chi connectivity index (χ1n) is 8.70. The molecule has 0 unspecified atom stereocenters. The maximum atomic E-state index is 12.6. The zero-order valence-electron chi connectivity index (χ0n) is 14.4. The van der Waals surface area contributed by atoms with Gasteiger partial charge in [-0.05, 0) is 25.0 Å². The van der Waals surface area contributed by atoms with Crippen molar-refractivity contribution < 1.29 is 9.21 Å². The van der Waals surface area contributed by atoms with Crippen LogP contribution in [0.3, 0.4) is 0 Å². The third-order valence-electron chi connectivity index (χ3n) is 4.87. The van der Waals surface area contributed by atoms with Gasteiger partial charge >= 0.3 is 0 Å². The Morgan fingerprint density at radius 2 is 2.00 bits per heavy atom. The van der Waals surface area contributed by atoms with E-state index in [0.717, 1.165) is 30.2 Å². The van der Waals surface area contributed by atoms with E-state index in [1.165, 1.54) is 12.8 Å². The Balaban J connectivity index is 1.39. The Bertz CT molecular complexity index is 968. The monoisotopic (exact) mass is 350 g/mol. The van der Waals surface area contributed by atoms with Gasteiger partial charge < -0.3 is 9.32 Å². The molecule has 5 rings (SSSR count). The highest BCUT2D eigenvalue weighted by atomic mass is 16.4. The molecule has 1 amide bonds. The van der Waals surface area contributed by atoms with Crippen LogP contribution in [0.1, 0.15) is 29.1 Å². The summed E-state index contributed by atoms with van der Waals surface area (Å²) in [4.78, 5) is 25.5. The van der Waals surface area contributed by atoms with Gasteiger partial charge in [0.05, 0.1) is 24.0 Å². The Morgan fingerprint density at radius 3 is 2.65 bits per heavy atom. The van der Waals surface area contributed by atoms with E-state index in [1.54, 1.807) is 28.2 Å². The van der Waals surface area contributed by atoms with Crippen LogP contribution in [0.25, 0.3) is 11.5 Å². The van der Waals surface area contributed by atoms with Crippen LogP contribution in [-0.2, 0) is 13.6 Å². The van der Waals surface area contributed by atoms with Crippen molar-refractivity contribution in [1.82, 2.24) is 19.7 Å². The largest absolute Gasteiger partial charge is 0.430 e. The molecule has 0 aliphatic carbocycles. The summed E-state index contributed by atoms with van der Waals surface area (Å²) in [6.07, 6.45) is 7.65. The molecule has 0 N–H and O–H groups in total. The molecule has 1 fully saturated rings. The van der Waals surface area contributed by atoms with Gasteiger partial charge in [0.25, 0.3) is 5.91 Å². The number of rotatable bonds is 3. The fraction of sp³-hybridized carbons (Fsp3) is 0.333. The lowest BCUT2D eigenvalue weighted by molar-refractivity contribution is 0.0972. The summed E-state index contributed by atoms with van der Waals surface area (Å²) in [6, 6.07) is 3.94. The maximum Gasteiger partial charge on any atom is 0.296 e. The van der Waals surface area contributed by atoms with Crippen molar-refractivity contribution in [1.29, 1.82) is 0 Å². The molecule has 5 heterocycles. The number of carbonyl (C=O) groups excluding carboxylic acids is 1. The van der Waals surface area contributed by atoms with E-state index in [4.69, 9.17) is 4.42 Å². The van der Waals surface area contributed by atoms with Crippen LogP contribution >= 0.6 is 0 Å². The SMILES string of the molecule is Cn1cc(N2Cc3nc(-c4ccc(N5CCCC5)nc4)oc3C2=O)cn1. The van der Waals surface area contributed by atoms with Gasteiger partial charge in [-0.2, -0.15) is 5.10 Å². The topological polar surface area (TPSA) is 80.3 Å². The second kappa shape index (κ2) is 5.69. The van der Waals surface area contributed by atoms with Crippen LogP contribution in [0, 0.1) is 0 Å². The van der Waals surface area contributed by atoms with Crippen molar-refractivity contribution >= 4 is 17.4 Å². The number of amides is 1. The number of anilines is 2. The molecule has 132 valence electrons. The molecule has 3 aromatic heterocycles. The van der Waals surface area contributed by atoms with Gasteiger partial charge in [-0.25, -0.2) is 9.97 Å². The smallest absolute Gasteiger partial charge is 0.296 e. The number of nitrogens with zero attached hydrogens (tertiary/aromatic N) is 6. The molecule has 0 atom stereocenters. The van der Waals surface area contributed by atoms with E-state index in [-0.39, 0.29) is 5.91 Å². The van der Waals surface area contributed by atoms with E-state index in [9.17, 15) is 4.79 Å². The minimum absolute atomic E-state index is 0.187. The van der Waals surface area contributed by atoms with Gasteiger partial charge in [0.15, 0.2) is 0 Å². The molecule has 0 radical (unpaired) electrons. The summed E-state index contributed by atoms with van der Waals surface area (Å²) in [6.45, 7) is 2.50. The first-order chi connectivity index (χ1) is 12.7. The zero-order valence-corrected chi connectivity index (χ0v) is 14.4. The molecular formula is C18H18N6O2. The van der Waals surface area contributed by atoms with Crippen molar-refractivity contribution in [3.8, 4) is 11.5 Å². The van der Waals surface area contributed by atoms with Crippen LogP contribution in [-0.4, -0.2) is 38.7 Å². The summed E-state index contributed by atoms with van der Waals surface area (Å²) in [5, 5.41) is 4.11. The number of oxazole rings is 1. The second-order valence-electron chi connectivity index (χ2n) is 6.66. The average Bonchev–Trinajstić information content (AvgIpc) is 3.41. The lowest BCUT2D eigenvalue weighted by Gasteiger charge is -2.15. The number of aryl methyl sites for hydroxylation is 1. The van der Waals surface area contributed by atoms with Gasteiger partial charge in [-0.1, -0.05) is 0 Å². The molecular weight excluding hydrogens is 332 g/mol. The third kappa shape index (κ3) is 2.37. The lowest BCUT2D eigenvalue weighted by Crippen LogP contribution is -2.22. The second-order valence-corrected chi connectivity index (χ2v) is 6.66. The molecule has 0 bridgehead atoms. The number of aromatic nitrogens is 4. The molecule has 2 aliphatic rings. The van der Waals surface area contributed by atoms with Gasteiger partial charge in [0.1, 0.15) is 11.5 Å². The predicted molar refractivity (Wildman–Crippen MR) is 94.9 cm³/mol. The fourth-order valence-corrected chi connectivity index (χ4v) is 3.50. The number of pyridine rings is 1. The number of hydrogen-bond acceptors (Lipinski definition) is 6. The van der Waals surface area contributed by atoms with Crippen molar-refractivity contribution in [2.24, 2.45) is 7.05 Å². The highest BCUT2D eigenvalue weighted by Crippen LogP contribution is 2.31. The van der Waals surface area contributed by atoms with E-state index in [0.29, 0.717) is 23.9 Å². The number of carbonyl (C=O) groups is 1. The van der Waals surface area contributed by atoms with Crippen LogP contribution in [0.5, 0.6) is 0 Å². The molecule has 1 saturated heterocycles. The molecule has 8 nitrogen and oxygen atoms in total. The van der Waals surface area contributed by atoms with E-state index < -0.39 is 0 Å². The van der Waals surface area contributed by atoms with E-state index in [2.05, 4.69) is 20.0 Å². The first kappa shape index (κ1) is 15.1. The van der Waals surface area contributed by atoms with Crippen molar-refractivity contribution in [3.63, 3.8) is 0 Å². The molecule has 26 heavy (non-hydrogen) atoms. The lowest BCUT2D eigenvalue weighted by atomic mass is 10.3. The van der Waals surface area contributed by atoms with E-state index >= 15 is 0 Å². The Kier molecular flexibility index (Phi) is 3.31. The minimum atomic E-state index is -0.187. The van der Waals surface area contributed by atoms with Gasteiger partial charge in [0.2, 0.25) is 11.7 Å². The molecule has 3 aromatic rings. The van der Waals surface area contributed by atoms with Crippen LogP contribution < -0.4 is 9.80 Å². The average molecular weight is 350 g/mol. The highest BCUT2D eigenvalue weighted by Gasteiger charge is 2.35. The van der Waals surface area contributed by atoms with E-state index in [1.807, 2.05) is 19.2 Å². The molecule has 0 aromatic carbocycles.